The monoisotopic (exact) mass is 308 g/mol. The standard InChI is InChI=1S/C17H13ClN4/c1-2-15-20-16(11-7-9-12(18)10-8-11)21-17-19-13-5-3-4-6-14(13)22(15)17/h3-10H,2H2,1H3. The van der Waals surface area contributed by atoms with Gasteiger partial charge in [0.05, 0.1) is 11.0 Å². The SMILES string of the molecule is CCc1nc(-c2ccc(Cl)cc2)nc2nc3ccccc3n12. The van der Waals surface area contributed by atoms with Crippen molar-refractivity contribution in [1.82, 2.24) is 19.4 Å². The Bertz CT molecular complexity index is 973. The van der Waals surface area contributed by atoms with Crippen molar-refractivity contribution in [3.63, 3.8) is 0 Å². The minimum absolute atomic E-state index is 0.677. The van der Waals surface area contributed by atoms with Gasteiger partial charge < -0.3 is 0 Å². The van der Waals surface area contributed by atoms with Gasteiger partial charge in [-0.05, 0) is 36.4 Å². The molecule has 0 atom stereocenters. The molecular weight excluding hydrogens is 296 g/mol. The summed E-state index contributed by atoms with van der Waals surface area (Å²) in [4.78, 5) is 13.9. The molecule has 4 rings (SSSR count). The van der Waals surface area contributed by atoms with Crippen LogP contribution in [0.15, 0.2) is 48.5 Å². The molecule has 0 N–H and O–H groups in total. The largest absolute Gasteiger partial charge is 0.264 e. The molecule has 0 unspecified atom stereocenters. The summed E-state index contributed by atoms with van der Waals surface area (Å²) < 4.78 is 2.02. The Hall–Kier alpha value is -2.46. The van der Waals surface area contributed by atoms with Gasteiger partial charge in [0.2, 0.25) is 5.78 Å². The van der Waals surface area contributed by atoms with Gasteiger partial charge in [-0.15, -0.1) is 0 Å². The van der Waals surface area contributed by atoms with E-state index in [1.165, 1.54) is 0 Å². The second kappa shape index (κ2) is 5.07. The predicted molar refractivity (Wildman–Crippen MR) is 88.1 cm³/mol. The molecule has 0 aliphatic rings. The summed E-state index contributed by atoms with van der Waals surface area (Å²) in [5.41, 5.74) is 2.91. The molecule has 2 heterocycles. The van der Waals surface area contributed by atoms with Crippen molar-refractivity contribution in [2.45, 2.75) is 13.3 Å². The maximum Gasteiger partial charge on any atom is 0.238 e. The first-order valence-corrected chi connectivity index (χ1v) is 7.54. The fourth-order valence-corrected chi connectivity index (χ4v) is 2.73. The Kier molecular flexibility index (Phi) is 3.05. The van der Waals surface area contributed by atoms with E-state index in [2.05, 4.69) is 16.9 Å². The van der Waals surface area contributed by atoms with Crippen LogP contribution in [0.5, 0.6) is 0 Å². The van der Waals surface area contributed by atoms with E-state index in [0.29, 0.717) is 16.6 Å². The maximum absolute atomic E-state index is 5.95. The van der Waals surface area contributed by atoms with Crippen LogP contribution in [0.4, 0.5) is 0 Å². The van der Waals surface area contributed by atoms with E-state index in [1.807, 2.05) is 52.9 Å². The molecule has 2 aromatic carbocycles. The summed E-state index contributed by atoms with van der Waals surface area (Å²) in [5.74, 6) is 2.30. The van der Waals surface area contributed by atoms with Crippen LogP contribution in [0.2, 0.25) is 5.02 Å². The van der Waals surface area contributed by atoms with Crippen LogP contribution >= 0.6 is 11.6 Å². The molecular formula is C17H13ClN4. The van der Waals surface area contributed by atoms with Crippen molar-refractivity contribution in [2.75, 3.05) is 0 Å². The van der Waals surface area contributed by atoms with Gasteiger partial charge in [-0.3, -0.25) is 4.40 Å². The first-order valence-electron chi connectivity index (χ1n) is 7.16. The highest BCUT2D eigenvalue weighted by Crippen LogP contribution is 2.22. The molecule has 0 saturated carbocycles. The van der Waals surface area contributed by atoms with Crippen molar-refractivity contribution >= 4 is 28.4 Å². The second-order valence-corrected chi connectivity index (χ2v) is 5.50. The van der Waals surface area contributed by atoms with Gasteiger partial charge in [-0.2, -0.15) is 4.98 Å². The van der Waals surface area contributed by atoms with Gasteiger partial charge >= 0.3 is 0 Å². The highest BCUT2D eigenvalue weighted by Gasteiger charge is 2.12. The van der Waals surface area contributed by atoms with Crippen molar-refractivity contribution in [3.8, 4) is 11.4 Å². The Morgan fingerprint density at radius 1 is 0.955 bits per heavy atom. The fraction of sp³-hybridized carbons (Fsp3) is 0.118. The third-order valence-electron chi connectivity index (χ3n) is 3.66. The molecule has 0 fully saturated rings. The average molecular weight is 309 g/mol. The molecule has 0 amide bonds. The van der Waals surface area contributed by atoms with Crippen LogP contribution in [-0.2, 0) is 6.42 Å². The zero-order valence-corrected chi connectivity index (χ0v) is 12.7. The van der Waals surface area contributed by atoms with Crippen LogP contribution in [0.25, 0.3) is 28.2 Å². The van der Waals surface area contributed by atoms with E-state index >= 15 is 0 Å². The number of aromatic nitrogens is 4. The van der Waals surface area contributed by atoms with E-state index in [4.69, 9.17) is 16.6 Å². The van der Waals surface area contributed by atoms with Crippen molar-refractivity contribution < 1.29 is 0 Å². The lowest BCUT2D eigenvalue weighted by Gasteiger charge is -2.06. The maximum atomic E-state index is 5.95. The molecule has 22 heavy (non-hydrogen) atoms. The highest BCUT2D eigenvalue weighted by atomic mass is 35.5. The smallest absolute Gasteiger partial charge is 0.238 e. The zero-order chi connectivity index (χ0) is 15.1. The quantitative estimate of drug-likeness (QED) is 0.558. The minimum Gasteiger partial charge on any atom is -0.264 e. The molecule has 0 bridgehead atoms. The van der Waals surface area contributed by atoms with Crippen molar-refractivity contribution in [3.05, 3.63) is 59.4 Å². The normalized spacial score (nSPS) is 11.4. The van der Waals surface area contributed by atoms with Gasteiger partial charge in [0.1, 0.15) is 5.82 Å². The molecule has 0 saturated heterocycles. The predicted octanol–water partition coefficient (Wildman–Crippen LogP) is 4.16. The summed E-state index contributed by atoms with van der Waals surface area (Å²) in [5, 5.41) is 0.701. The lowest BCUT2D eigenvalue weighted by atomic mass is 10.2. The first-order chi connectivity index (χ1) is 10.8. The van der Waals surface area contributed by atoms with E-state index in [1.54, 1.807) is 0 Å². The Labute approximate surface area is 132 Å². The molecule has 4 nitrogen and oxygen atoms in total. The number of nitrogens with zero attached hydrogens (tertiary/aromatic N) is 4. The molecule has 0 aliphatic carbocycles. The average Bonchev–Trinajstić information content (AvgIpc) is 2.93. The molecule has 2 aromatic heterocycles. The number of imidazole rings is 1. The third kappa shape index (κ3) is 2.04. The van der Waals surface area contributed by atoms with Gasteiger partial charge in [0.15, 0.2) is 5.82 Å². The van der Waals surface area contributed by atoms with E-state index in [0.717, 1.165) is 28.8 Å². The van der Waals surface area contributed by atoms with Crippen molar-refractivity contribution in [2.24, 2.45) is 0 Å². The third-order valence-corrected chi connectivity index (χ3v) is 3.91. The highest BCUT2D eigenvalue weighted by molar-refractivity contribution is 6.30. The van der Waals surface area contributed by atoms with Gasteiger partial charge in [-0.25, -0.2) is 9.97 Å². The van der Waals surface area contributed by atoms with Crippen molar-refractivity contribution in [1.29, 1.82) is 0 Å². The van der Waals surface area contributed by atoms with Crippen LogP contribution in [-0.4, -0.2) is 19.4 Å². The number of benzene rings is 2. The van der Waals surface area contributed by atoms with Gasteiger partial charge in [0, 0.05) is 17.0 Å². The fourth-order valence-electron chi connectivity index (χ4n) is 2.60. The summed E-state index contributed by atoms with van der Waals surface area (Å²) >= 11 is 5.95. The number of aryl methyl sites for hydroxylation is 1. The number of hydrogen-bond donors (Lipinski definition) is 0. The summed E-state index contributed by atoms with van der Waals surface area (Å²) in [7, 11) is 0. The van der Waals surface area contributed by atoms with Gasteiger partial charge in [-0.1, -0.05) is 30.7 Å². The topological polar surface area (TPSA) is 43.1 Å². The number of rotatable bonds is 2. The number of hydrogen-bond acceptors (Lipinski definition) is 3. The van der Waals surface area contributed by atoms with Crippen LogP contribution in [0.1, 0.15) is 12.7 Å². The molecule has 108 valence electrons. The molecule has 0 radical (unpaired) electrons. The van der Waals surface area contributed by atoms with E-state index in [-0.39, 0.29) is 0 Å². The molecule has 0 spiro atoms. The summed E-state index contributed by atoms with van der Waals surface area (Å²) in [6, 6.07) is 15.6. The Balaban J connectivity index is 2.02. The number of halogens is 1. The molecule has 4 aromatic rings. The zero-order valence-electron chi connectivity index (χ0n) is 12.0. The molecule has 5 heteroatoms. The summed E-state index contributed by atoms with van der Waals surface area (Å²) in [6.45, 7) is 2.09. The van der Waals surface area contributed by atoms with Crippen LogP contribution < -0.4 is 0 Å². The second-order valence-electron chi connectivity index (χ2n) is 5.06. The Morgan fingerprint density at radius 3 is 2.50 bits per heavy atom. The van der Waals surface area contributed by atoms with E-state index < -0.39 is 0 Å². The van der Waals surface area contributed by atoms with E-state index in [9.17, 15) is 0 Å². The number of para-hydroxylation sites is 2. The number of fused-ring (bicyclic) bond motifs is 3. The Morgan fingerprint density at radius 2 is 1.73 bits per heavy atom. The lowest BCUT2D eigenvalue weighted by molar-refractivity contribution is 0.885. The molecule has 0 aliphatic heterocycles. The van der Waals surface area contributed by atoms with Crippen LogP contribution in [0, 0.1) is 0 Å². The summed E-state index contributed by atoms with van der Waals surface area (Å²) in [6.07, 6.45) is 0.806. The lowest BCUT2D eigenvalue weighted by Crippen LogP contribution is -2.04. The minimum atomic E-state index is 0.677. The van der Waals surface area contributed by atoms with Crippen LogP contribution in [0.3, 0.4) is 0 Å². The first kappa shape index (κ1) is 13.2. The van der Waals surface area contributed by atoms with Gasteiger partial charge in [0.25, 0.3) is 0 Å².